The van der Waals surface area contributed by atoms with Crippen LogP contribution in [0.1, 0.15) is 194 Å². The molecule has 1 aliphatic carbocycles. The lowest BCUT2D eigenvalue weighted by molar-refractivity contribution is -0.161. The quantitative estimate of drug-likeness (QED) is 0.0203. The van der Waals surface area contributed by atoms with Crippen LogP contribution < -0.4 is 0 Å². The van der Waals surface area contributed by atoms with E-state index in [1.165, 1.54) is 83.5 Å². The number of ether oxygens (including phenoxy) is 2. The Bertz CT molecular complexity index is 1150. The van der Waals surface area contributed by atoms with Crippen LogP contribution >= 0.6 is 7.82 Å². The molecule has 1 aliphatic rings. The zero-order chi connectivity index (χ0) is 42.2. The number of rotatable bonds is 37. The van der Waals surface area contributed by atoms with E-state index in [0.29, 0.717) is 32.1 Å². The smallest absolute Gasteiger partial charge is 0.462 e. The number of hydrogen-bond donors (Lipinski definition) is 4. The first-order valence-electron chi connectivity index (χ1n) is 22.6. The number of aliphatic hydroxyl groups excluding tert-OH is 2. The second kappa shape index (κ2) is 33.9. The molecule has 1 rings (SSSR count). The Morgan fingerprint density at radius 3 is 1.86 bits per heavy atom. The van der Waals surface area contributed by atoms with E-state index < -0.39 is 50.6 Å². The van der Waals surface area contributed by atoms with E-state index in [4.69, 9.17) is 19.3 Å². The van der Waals surface area contributed by atoms with Crippen molar-refractivity contribution in [3.8, 4) is 0 Å². The van der Waals surface area contributed by atoms with Gasteiger partial charge in [-0.05, 0) is 38.0 Å². The van der Waals surface area contributed by atoms with Gasteiger partial charge in [0.05, 0.1) is 18.8 Å². The molecule has 57 heavy (non-hydrogen) atoms. The SMILES string of the molecule is CCCCC[C@H](O)/C=C/[C@H]1C(=O)C[C@H](O)[C@@H]1C/C=C\CCCC(=O)OC[C@H](COP(=O)(O)O)OC(=O)CCCCCCCCCCCCCCCCCCC(C)C. The highest BCUT2D eigenvalue weighted by atomic mass is 31.2. The van der Waals surface area contributed by atoms with Crippen molar-refractivity contribution in [1.29, 1.82) is 0 Å². The molecule has 5 atom stereocenters. The van der Waals surface area contributed by atoms with Gasteiger partial charge in [-0.3, -0.25) is 18.9 Å². The molecule has 11 nitrogen and oxygen atoms in total. The number of Topliss-reactive ketones (excluding diaryl/α,β-unsaturated/α-hetero) is 1. The fourth-order valence-electron chi connectivity index (χ4n) is 7.30. The molecule has 1 fully saturated rings. The van der Waals surface area contributed by atoms with Crippen molar-refractivity contribution in [3.05, 3.63) is 24.3 Å². The van der Waals surface area contributed by atoms with Crippen LogP contribution in [0.25, 0.3) is 0 Å². The first kappa shape index (κ1) is 53.1. The Labute approximate surface area is 345 Å². The molecule has 1 saturated carbocycles. The van der Waals surface area contributed by atoms with E-state index in [9.17, 15) is 29.2 Å². The topological polar surface area (TPSA) is 177 Å². The molecule has 0 amide bonds. The van der Waals surface area contributed by atoms with Crippen LogP contribution in [0.3, 0.4) is 0 Å². The van der Waals surface area contributed by atoms with Crippen molar-refractivity contribution >= 4 is 25.5 Å². The second-order valence-corrected chi connectivity index (χ2v) is 17.9. The molecule has 0 aliphatic heterocycles. The van der Waals surface area contributed by atoms with Gasteiger partial charge in [-0.2, -0.15) is 0 Å². The highest BCUT2D eigenvalue weighted by Crippen LogP contribution is 2.36. The Morgan fingerprint density at radius 1 is 0.754 bits per heavy atom. The number of aliphatic hydroxyl groups is 2. The summed E-state index contributed by atoms with van der Waals surface area (Å²) in [5.41, 5.74) is 0. The third-order valence-electron chi connectivity index (χ3n) is 10.8. The Morgan fingerprint density at radius 2 is 1.30 bits per heavy atom. The van der Waals surface area contributed by atoms with Crippen molar-refractivity contribution in [2.24, 2.45) is 17.8 Å². The molecule has 0 spiro atoms. The minimum atomic E-state index is -4.82. The molecule has 0 radical (unpaired) electrons. The number of phosphoric acid groups is 1. The van der Waals surface area contributed by atoms with Gasteiger partial charge in [0.2, 0.25) is 0 Å². The Kier molecular flexibility index (Phi) is 31.6. The first-order chi connectivity index (χ1) is 27.3. The summed E-state index contributed by atoms with van der Waals surface area (Å²) >= 11 is 0. The largest absolute Gasteiger partial charge is 0.469 e. The van der Waals surface area contributed by atoms with Crippen molar-refractivity contribution in [2.75, 3.05) is 13.2 Å². The third-order valence-corrected chi connectivity index (χ3v) is 11.3. The maximum Gasteiger partial charge on any atom is 0.469 e. The van der Waals surface area contributed by atoms with Gasteiger partial charge in [-0.15, -0.1) is 0 Å². The van der Waals surface area contributed by atoms with Gasteiger partial charge in [-0.25, -0.2) is 4.57 Å². The molecule has 4 N–H and O–H groups in total. The number of hydrogen-bond acceptors (Lipinski definition) is 9. The molecule has 0 saturated heterocycles. The normalized spacial score (nSPS) is 18.6. The standard InChI is InChI=1S/C45H81O11P/c1-4-5-22-28-38(46)32-33-41-40(42(47)34-43(41)48)29-24-20-21-25-30-44(49)54-35-39(36-55-57(51,52)53)56-45(50)31-26-19-17-15-13-11-9-7-6-8-10-12-14-16-18-23-27-37(2)3/h20,24,32-33,37-42,46-47H,4-19,21-23,25-31,34-36H2,1-3H3,(H2,51,52,53)/b24-20-,33-32+/t38-,39+,40+,41+,42-/m0/s1. The fraction of sp³-hybridized carbons (Fsp3) is 0.844. The minimum absolute atomic E-state index is 0.0312. The molecular formula is C45H81O11P. The van der Waals surface area contributed by atoms with E-state index in [1.807, 2.05) is 12.2 Å². The highest BCUT2D eigenvalue weighted by Gasteiger charge is 2.39. The summed E-state index contributed by atoms with van der Waals surface area (Å²) in [4.78, 5) is 55.6. The van der Waals surface area contributed by atoms with Crippen molar-refractivity contribution in [2.45, 2.75) is 212 Å². The number of allylic oxidation sites excluding steroid dienone is 3. The van der Waals surface area contributed by atoms with E-state index in [0.717, 1.165) is 44.4 Å². The van der Waals surface area contributed by atoms with Gasteiger partial charge in [0.15, 0.2) is 6.10 Å². The van der Waals surface area contributed by atoms with E-state index in [1.54, 1.807) is 12.2 Å². The van der Waals surface area contributed by atoms with Crippen LogP contribution in [0.15, 0.2) is 24.3 Å². The molecule has 332 valence electrons. The van der Waals surface area contributed by atoms with E-state index in [-0.39, 0.29) is 37.6 Å². The summed E-state index contributed by atoms with van der Waals surface area (Å²) in [6, 6.07) is 0. The van der Waals surface area contributed by atoms with Crippen LogP contribution in [0.2, 0.25) is 0 Å². The summed E-state index contributed by atoms with van der Waals surface area (Å²) < 4.78 is 26.4. The first-order valence-corrected chi connectivity index (χ1v) is 24.1. The molecule has 0 aromatic heterocycles. The second-order valence-electron chi connectivity index (χ2n) is 16.6. The maximum absolute atomic E-state index is 12.5. The van der Waals surface area contributed by atoms with E-state index >= 15 is 0 Å². The van der Waals surface area contributed by atoms with Gasteiger partial charge in [0, 0.05) is 31.1 Å². The molecular weight excluding hydrogens is 747 g/mol. The minimum Gasteiger partial charge on any atom is -0.462 e. The molecule has 0 heterocycles. The highest BCUT2D eigenvalue weighted by molar-refractivity contribution is 7.46. The molecule has 0 bridgehead atoms. The average Bonchev–Trinajstić information content (AvgIpc) is 3.42. The van der Waals surface area contributed by atoms with Crippen LogP contribution in [0.4, 0.5) is 0 Å². The average molecular weight is 829 g/mol. The van der Waals surface area contributed by atoms with Crippen molar-refractivity contribution < 1.29 is 52.9 Å². The number of esters is 2. The molecule has 0 aromatic carbocycles. The third kappa shape index (κ3) is 30.8. The number of ketones is 1. The number of carbonyl (C=O) groups excluding carboxylic acids is 3. The zero-order valence-electron chi connectivity index (χ0n) is 35.9. The summed E-state index contributed by atoms with van der Waals surface area (Å²) in [5.74, 6) is -0.985. The monoisotopic (exact) mass is 829 g/mol. The summed E-state index contributed by atoms with van der Waals surface area (Å²) in [5, 5.41) is 20.6. The summed E-state index contributed by atoms with van der Waals surface area (Å²) in [6.45, 7) is 5.71. The van der Waals surface area contributed by atoms with Crippen LogP contribution in [-0.4, -0.2) is 69.2 Å². The Balaban J connectivity index is 2.23. The maximum atomic E-state index is 12.5. The predicted molar refractivity (Wildman–Crippen MR) is 226 cm³/mol. The summed E-state index contributed by atoms with van der Waals surface area (Å²) in [7, 11) is -4.82. The van der Waals surface area contributed by atoms with Crippen LogP contribution in [0.5, 0.6) is 0 Å². The van der Waals surface area contributed by atoms with Gasteiger partial charge in [0.1, 0.15) is 12.4 Å². The van der Waals surface area contributed by atoms with Crippen molar-refractivity contribution in [1.82, 2.24) is 0 Å². The lowest BCUT2D eigenvalue weighted by atomic mass is 9.90. The lowest BCUT2D eigenvalue weighted by Crippen LogP contribution is -2.29. The number of unbranched alkanes of at least 4 members (excludes halogenated alkanes) is 18. The summed E-state index contributed by atoms with van der Waals surface area (Å²) in [6.07, 6.45) is 31.3. The zero-order valence-corrected chi connectivity index (χ0v) is 36.8. The fourth-order valence-corrected chi connectivity index (χ4v) is 7.67. The molecule has 0 unspecified atom stereocenters. The molecule has 0 aromatic rings. The van der Waals surface area contributed by atoms with Gasteiger partial charge < -0.3 is 29.5 Å². The predicted octanol–water partition coefficient (Wildman–Crippen LogP) is 10.4. The molecule has 12 heteroatoms. The van der Waals surface area contributed by atoms with Crippen LogP contribution in [0, 0.1) is 17.8 Å². The van der Waals surface area contributed by atoms with Gasteiger partial charge in [-0.1, -0.05) is 167 Å². The lowest BCUT2D eigenvalue weighted by Gasteiger charge is -2.18. The van der Waals surface area contributed by atoms with E-state index in [2.05, 4.69) is 25.3 Å². The Hall–Kier alpha value is -1.88. The van der Waals surface area contributed by atoms with Crippen LogP contribution in [-0.2, 0) is 32.9 Å². The number of phosphoric ester groups is 1. The number of carbonyl (C=O) groups is 3. The van der Waals surface area contributed by atoms with Gasteiger partial charge in [0.25, 0.3) is 0 Å². The van der Waals surface area contributed by atoms with Crippen molar-refractivity contribution in [3.63, 3.8) is 0 Å². The van der Waals surface area contributed by atoms with Gasteiger partial charge >= 0.3 is 19.8 Å².